The lowest BCUT2D eigenvalue weighted by atomic mass is 10.0. The third kappa shape index (κ3) is 1.19. The average Bonchev–Trinajstić information content (AvgIpc) is 3.13. The van der Waals surface area contributed by atoms with Crippen LogP contribution in [-0.4, -0.2) is 5.54 Å². The molecule has 0 radical (unpaired) electrons. The van der Waals surface area contributed by atoms with E-state index in [-0.39, 0.29) is 11.0 Å². The van der Waals surface area contributed by atoms with Crippen LogP contribution in [0.25, 0.3) is 4.85 Å². The number of benzene rings is 1. The van der Waals surface area contributed by atoms with E-state index < -0.39 is 11.6 Å². The first kappa shape index (κ1) is 9.77. The fourth-order valence-electron chi connectivity index (χ4n) is 2.74. The van der Waals surface area contributed by atoms with Crippen LogP contribution < -0.4 is 0 Å². The predicted molar refractivity (Wildman–Crippen MR) is 55.7 cm³/mol. The summed E-state index contributed by atoms with van der Waals surface area (Å²) in [6.45, 7) is 7.25. The Balaban J connectivity index is 1.88. The minimum atomic E-state index is -0.560. The molecule has 3 heteroatoms. The highest BCUT2D eigenvalue weighted by molar-refractivity contribution is 5.38. The van der Waals surface area contributed by atoms with Gasteiger partial charge in [-0.3, -0.25) is 0 Å². The molecular formula is C13H11F2N. The Kier molecular flexibility index (Phi) is 1.72. The van der Waals surface area contributed by atoms with Crippen molar-refractivity contribution in [1.29, 1.82) is 0 Å². The van der Waals surface area contributed by atoms with Gasteiger partial charge in [-0.15, -0.1) is 0 Å². The van der Waals surface area contributed by atoms with Crippen molar-refractivity contribution < 1.29 is 8.78 Å². The fraction of sp³-hybridized carbons (Fsp3) is 0.462. The Hall–Kier alpha value is -1.43. The van der Waals surface area contributed by atoms with E-state index in [1.165, 1.54) is 12.1 Å². The van der Waals surface area contributed by atoms with Gasteiger partial charge in [-0.25, -0.2) is 15.4 Å². The van der Waals surface area contributed by atoms with Crippen LogP contribution in [-0.2, 0) is 6.42 Å². The first-order chi connectivity index (χ1) is 7.61. The standard InChI is InChI=1S/C13H11F2N/c1-16-13(8-12(13)4-5-12)7-9-2-3-10(14)6-11(9)15/h2-3,6H,4-5,7-8H2. The summed E-state index contributed by atoms with van der Waals surface area (Å²) in [5.74, 6) is -1.08. The maximum Gasteiger partial charge on any atom is 0.243 e. The molecule has 2 aliphatic rings. The van der Waals surface area contributed by atoms with E-state index in [0.717, 1.165) is 25.3 Å². The SMILES string of the molecule is [C-]#[N+]C1(Cc2ccc(F)cc2F)CC12CC2. The molecule has 1 atom stereocenters. The summed E-state index contributed by atoms with van der Waals surface area (Å²) in [6, 6.07) is 3.62. The number of hydrogen-bond acceptors (Lipinski definition) is 0. The summed E-state index contributed by atoms with van der Waals surface area (Å²) in [4.78, 5) is 3.70. The summed E-state index contributed by atoms with van der Waals surface area (Å²) >= 11 is 0. The quantitative estimate of drug-likeness (QED) is 0.672. The van der Waals surface area contributed by atoms with Gasteiger partial charge in [0, 0.05) is 12.5 Å². The average molecular weight is 219 g/mol. The number of halogens is 2. The van der Waals surface area contributed by atoms with Crippen LogP contribution in [0.5, 0.6) is 0 Å². The summed E-state index contributed by atoms with van der Waals surface area (Å²) in [5, 5.41) is 0. The highest BCUT2D eigenvalue weighted by atomic mass is 19.1. The van der Waals surface area contributed by atoms with E-state index in [1.54, 1.807) is 0 Å². The summed E-state index contributed by atoms with van der Waals surface area (Å²) < 4.78 is 26.2. The summed E-state index contributed by atoms with van der Waals surface area (Å²) in [5.41, 5.74) is 0.280. The lowest BCUT2D eigenvalue weighted by molar-refractivity contribution is 0.559. The van der Waals surface area contributed by atoms with Gasteiger partial charge in [-0.1, -0.05) is 6.07 Å². The minimum absolute atomic E-state index is 0.190. The smallest absolute Gasteiger partial charge is 0.243 e. The van der Waals surface area contributed by atoms with Crippen LogP contribution >= 0.6 is 0 Å². The van der Waals surface area contributed by atoms with Crippen molar-refractivity contribution in [3.05, 3.63) is 46.8 Å². The number of rotatable bonds is 2. The van der Waals surface area contributed by atoms with Gasteiger partial charge >= 0.3 is 0 Å². The van der Waals surface area contributed by atoms with Gasteiger partial charge in [0.25, 0.3) is 0 Å². The van der Waals surface area contributed by atoms with E-state index >= 15 is 0 Å². The van der Waals surface area contributed by atoms with Crippen LogP contribution in [0.4, 0.5) is 8.78 Å². The monoisotopic (exact) mass is 219 g/mol. The third-order valence-corrected chi connectivity index (χ3v) is 4.06. The lowest BCUT2D eigenvalue weighted by Gasteiger charge is -2.06. The largest absolute Gasteiger partial charge is 0.309 e. The molecule has 0 aromatic heterocycles. The molecule has 82 valence electrons. The van der Waals surface area contributed by atoms with Crippen LogP contribution in [0.2, 0.25) is 0 Å². The lowest BCUT2D eigenvalue weighted by Crippen LogP contribution is -2.12. The highest BCUT2D eigenvalue weighted by Gasteiger charge is 2.81. The van der Waals surface area contributed by atoms with Crippen molar-refractivity contribution in [2.24, 2.45) is 5.41 Å². The fourth-order valence-corrected chi connectivity index (χ4v) is 2.74. The van der Waals surface area contributed by atoms with Crippen LogP contribution in [0, 0.1) is 23.6 Å². The Morgan fingerprint density at radius 2 is 2.06 bits per heavy atom. The van der Waals surface area contributed by atoms with Crippen LogP contribution in [0.15, 0.2) is 18.2 Å². The Labute approximate surface area is 92.9 Å². The molecule has 0 N–H and O–H groups in total. The van der Waals surface area contributed by atoms with Crippen LogP contribution in [0.1, 0.15) is 24.8 Å². The Morgan fingerprint density at radius 1 is 1.31 bits per heavy atom. The maximum atomic E-state index is 13.5. The molecule has 2 aliphatic carbocycles. The van der Waals surface area contributed by atoms with Gasteiger partial charge in [0.05, 0.1) is 11.8 Å². The minimum Gasteiger partial charge on any atom is -0.309 e. The number of nitrogens with zero attached hydrogens (tertiary/aromatic N) is 1. The molecule has 0 amide bonds. The van der Waals surface area contributed by atoms with Gasteiger partial charge in [0.1, 0.15) is 11.6 Å². The molecule has 1 spiro atoms. The second-order valence-corrected chi connectivity index (χ2v) is 5.01. The van der Waals surface area contributed by atoms with Gasteiger partial charge < -0.3 is 4.85 Å². The molecule has 1 unspecified atom stereocenters. The van der Waals surface area contributed by atoms with Gasteiger partial charge in [0.2, 0.25) is 5.54 Å². The van der Waals surface area contributed by atoms with Crippen molar-refractivity contribution in [3.63, 3.8) is 0 Å². The first-order valence-corrected chi connectivity index (χ1v) is 5.43. The molecule has 16 heavy (non-hydrogen) atoms. The molecule has 0 heterocycles. The molecule has 2 saturated carbocycles. The highest BCUT2D eigenvalue weighted by Crippen LogP contribution is 2.75. The molecule has 2 fully saturated rings. The number of hydrogen-bond donors (Lipinski definition) is 0. The molecule has 3 rings (SSSR count). The topological polar surface area (TPSA) is 4.36 Å². The van der Waals surface area contributed by atoms with E-state index in [1.807, 2.05) is 0 Å². The van der Waals surface area contributed by atoms with Crippen molar-refractivity contribution in [1.82, 2.24) is 0 Å². The second kappa shape index (κ2) is 2.82. The summed E-state index contributed by atoms with van der Waals surface area (Å²) in [7, 11) is 0. The Bertz CT molecular complexity index is 499. The Morgan fingerprint density at radius 3 is 2.56 bits per heavy atom. The van der Waals surface area contributed by atoms with Crippen LogP contribution in [0.3, 0.4) is 0 Å². The molecule has 0 bridgehead atoms. The molecule has 1 aromatic carbocycles. The van der Waals surface area contributed by atoms with Crippen molar-refractivity contribution in [3.8, 4) is 0 Å². The predicted octanol–water partition coefficient (Wildman–Crippen LogP) is 3.35. The maximum absolute atomic E-state index is 13.5. The molecule has 1 nitrogen and oxygen atoms in total. The van der Waals surface area contributed by atoms with Gasteiger partial charge in [0.15, 0.2) is 0 Å². The zero-order valence-electron chi connectivity index (χ0n) is 8.76. The van der Waals surface area contributed by atoms with E-state index in [0.29, 0.717) is 12.0 Å². The van der Waals surface area contributed by atoms with Gasteiger partial charge in [-0.2, -0.15) is 0 Å². The molecular weight excluding hydrogens is 208 g/mol. The summed E-state index contributed by atoms with van der Waals surface area (Å²) in [6.07, 6.45) is 3.51. The second-order valence-electron chi connectivity index (χ2n) is 5.01. The van der Waals surface area contributed by atoms with Crippen molar-refractivity contribution >= 4 is 0 Å². The zero-order chi connectivity index (χ0) is 11.4. The van der Waals surface area contributed by atoms with E-state index in [9.17, 15) is 8.78 Å². The molecule has 0 aliphatic heterocycles. The van der Waals surface area contributed by atoms with Crippen molar-refractivity contribution in [2.75, 3.05) is 0 Å². The normalized spacial score (nSPS) is 28.8. The molecule has 0 saturated heterocycles. The van der Waals surface area contributed by atoms with E-state index in [4.69, 9.17) is 6.57 Å². The van der Waals surface area contributed by atoms with Crippen molar-refractivity contribution in [2.45, 2.75) is 31.2 Å². The molecule has 1 aromatic rings. The zero-order valence-corrected chi connectivity index (χ0v) is 8.76. The third-order valence-electron chi connectivity index (χ3n) is 4.06. The first-order valence-electron chi connectivity index (χ1n) is 5.43. The van der Waals surface area contributed by atoms with E-state index in [2.05, 4.69) is 4.85 Å². The van der Waals surface area contributed by atoms with Gasteiger partial charge in [-0.05, 0) is 24.5 Å².